The Labute approximate surface area is 113 Å². The zero-order valence-corrected chi connectivity index (χ0v) is 11.2. The third-order valence-electron chi connectivity index (χ3n) is 3.67. The van der Waals surface area contributed by atoms with E-state index in [1.54, 1.807) is 6.07 Å². The number of amides is 1. The van der Waals surface area contributed by atoms with E-state index in [0.29, 0.717) is 19.5 Å². The molecule has 0 aliphatic carbocycles. The van der Waals surface area contributed by atoms with E-state index in [2.05, 4.69) is 0 Å². The van der Waals surface area contributed by atoms with Crippen LogP contribution in [0, 0.1) is 5.82 Å². The van der Waals surface area contributed by atoms with Crippen LogP contribution < -0.4 is 5.73 Å². The van der Waals surface area contributed by atoms with Crippen LogP contribution in [0.3, 0.4) is 0 Å². The first-order chi connectivity index (χ1) is 9.20. The normalized spacial score (nSPS) is 17.2. The lowest BCUT2D eigenvalue weighted by atomic mass is 10.0. The van der Waals surface area contributed by atoms with Crippen molar-refractivity contribution >= 4 is 5.91 Å². The summed E-state index contributed by atoms with van der Waals surface area (Å²) in [6, 6.07) is 4.62. The van der Waals surface area contributed by atoms with Gasteiger partial charge in [0.25, 0.3) is 0 Å². The van der Waals surface area contributed by atoms with Gasteiger partial charge in [0.15, 0.2) is 0 Å². The molecule has 4 heteroatoms. The van der Waals surface area contributed by atoms with Crippen molar-refractivity contribution in [3.05, 3.63) is 35.1 Å². The van der Waals surface area contributed by atoms with Crippen LogP contribution >= 0.6 is 0 Å². The number of carbonyl (C=O) groups is 1. The highest BCUT2D eigenvalue weighted by Crippen LogP contribution is 2.18. The molecule has 1 aliphatic heterocycles. The largest absolute Gasteiger partial charge is 0.338 e. The number of nitrogens with zero attached hydrogens (tertiary/aromatic N) is 1. The maximum atomic E-state index is 13.3. The van der Waals surface area contributed by atoms with Crippen molar-refractivity contribution in [2.75, 3.05) is 6.54 Å². The highest BCUT2D eigenvalue weighted by molar-refractivity contribution is 5.76. The molecule has 2 N–H and O–H groups in total. The Bertz CT molecular complexity index is 448. The van der Waals surface area contributed by atoms with Crippen molar-refractivity contribution in [3.8, 4) is 0 Å². The van der Waals surface area contributed by atoms with Gasteiger partial charge in [-0.2, -0.15) is 0 Å². The Morgan fingerprint density at radius 1 is 1.16 bits per heavy atom. The minimum Gasteiger partial charge on any atom is -0.338 e. The monoisotopic (exact) mass is 264 g/mol. The summed E-state index contributed by atoms with van der Waals surface area (Å²) >= 11 is 0. The average Bonchev–Trinajstić information content (AvgIpc) is 2.39. The number of nitrogens with two attached hydrogens (primary N) is 1. The molecule has 1 fully saturated rings. The van der Waals surface area contributed by atoms with Gasteiger partial charge < -0.3 is 10.6 Å². The predicted octanol–water partition coefficient (Wildman–Crippen LogP) is 2.58. The van der Waals surface area contributed by atoms with Crippen molar-refractivity contribution in [2.24, 2.45) is 5.73 Å². The first-order valence-electron chi connectivity index (χ1n) is 6.96. The van der Waals surface area contributed by atoms with E-state index in [-0.39, 0.29) is 11.7 Å². The average molecular weight is 264 g/mol. The van der Waals surface area contributed by atoms with Gasteiger partial charge in [-0.25, -0.2) is 4.39 Å². The molecule has 19 heavy (non-hydrogen) atoms. The first-order valence-corrected chi connectivity index (χ1v) is 6.96. The first kappa shape index (κ1) is 14.0. The Hall–Kier alpha value is -1.42. The summed E-state index contributed by atoms with van der Waals surface area (Å²) in [5, 5.41) is 0. The fraction of sp³-hybridized carbons (Fsp3) is 0.533. The van der Waals surface area contributed by atoms with E-state index in [1.807, 2.05) is 4.90 Å². The number of hydrogen-bond acceptors (Lipinski definition) is 2. The number of rotatable bonds is 3. The van der Waals surface area contributed by atoms with E-state index in [0.717, 1.165) is 43.4 Å². The maximum Gasteiger partial charge on any atom is 0.222 e. The highest BCUT2D eigenvalue weighted by atomic mass is 19.1. The van der Waals surface area contributed by atoms with E-state index in [4.69, 9.17) is 5.73 Å². The molecule has 0 spiro atoms. The molecular weight excluding hydrogens is 243 g/mol. The topological polar surface area (TPSA) is 46.3 Å². The summed E-state index contributed by atoms with van der Waals surface area (Å²) in [7, 11) is 0. The summed E-state index contributed by atoms with van der Waals surface area (Å²) in [5.74, 6) is -0.0985. The lowest BCUT2D eigenvalue weighted by molar-refractivity contribution is -0.132. The Morgan fingerprint density at radius 3 is 2.74 bits per heavy atom. The predicted molar refractivity (Wildman–Crippen MR) is 72.8 cm³/mol. The van der Waals surface area contributed by atoms with Gasteiger partial charge in [-0.15, -0.1) is 0 Å². The molecule has 0 unspecified atom stereocenters. The molecule has 1 aliphatic rings. The second kappa shape index (κ2) is 6.66. The number of benzene rings is 1. The lowest BCUT2D eigenvalue weighted by Crippen LogP contribution is -2.32. The smallest absolute Gasteiger partial charge is 0.222 e. The van der Waals surface area contributed by atoms with Gasteiger partial charge in [-0.3, -0.25) is 4.79 Å². The number of likely N-dealkylation sites (tertiary alicyclic amines) is 1. The molecule has 1 saturated heterocycles. The van der Waals surface area contributed by atoms with Crippen LogP contribution in [-0.4, -0.2) is 17.4 Å². The summed E-state index contributed by atoms with van der Waals surface area (Å²) in [6.07, 6.45) is 4.89. The minimum absolute atomic E-state index is 0.173. The molecule has 0 saturated carbocycles. The van der Waals surface area contributed by atoms with E-state index < -0.39 is 0 Å². The van der Waals surface area contributed by atoms with Crippen molar-refractivity contribution in [1.29, 1.82) is 0 Å². The molecule has 1 heterocycles. The van der Waals surface area contributed by atoms with Crippen molar-refractivity contribution < 1.29 is 9.18 Å². The second-order valence-electron chi connectivity index (χ2n) is 5.10. The molecule has 0 radical (unpaired) electrons. The van der Waals surface area contributed by atoms with Crippen LogP contribution in [0.15, 0.2) is 18.2 Å². The number of hydrogen-bond donors (Lipinski definition) is 1. The second-order valence-corrected chi connectivity index (χ2v) is 5.10. The Balaban J connectivity index is 2.13. The quantitative estimate of drug-likeness (QED) is 0.912. The molecule has 0 atom stereocenters. The lowest BCUT2D eigenvalue weighted by Gasteiger charge is -2.25. The molecule has 2 rings (SSSR count). The molecule has 3 nitrogen and oxygen atoms in total. The van der Waals surface area contributed by atoms with Crippen LogP contribution in [0.25, 0.3) is 0 Å². The summed E-state index contributed by atoms with van der Waals surface area (Å²) < 4.78 is 13.3. The van der Waals surface area contributed by atoms with E-state index in [9.17, 15) is 9.18 Å². The molecule has 1 aromatic rings. The Kier molecular flexibility index (Phi) is 4.91. The van der Waals surface area contributed by atoms with Crippen molar-refractivity contribution in [2.45, 2.75) is 45.2 Å². The van der Waals surface area contributed by atoms with Gasteiger partial charge in [0, 0.05) is 26.1 Å². The van der Waals surface area contributed by atoms with Gasteiger partial charge >= 0.3 is 0 Å². The summed E-state index contributed by atoms with van der Waals surface area (Å²) in [4.78, 5) is 13.9. The molecule has 1 amide bonds. The minimum atomic E-state index is -0.272. The van der Waals surface area contributed by atoms with Gasteiger partial charge in [-0.05, 0) is 36.1 Å². The third kappa shape index (κ3) is 3.77. The SMILES string of the molecule is NCc1ccc(F)cc1CN1CCCCCCC1=O. The van der Waals surface area contributed by atoms with Gasteiger partial charge in [0.1, 0.15) is 5.82 Å². The maximum absolute atomic E-state index is 13.3. The fourth-order valence-corrected chi connectivity index (χ4v) is 2.53. The number of carbonyl (C=O) groups excluding carboxylic acids is 1. The third-order valence-corrected chi connectivity index (χ3v) is 3.67. The van der Waals surface area contributed by atoms with Crippen LogP contribution in [0.1, 0.15) is 43.2 Å². The van der Waals surface area contributed by atoms with Gasteiger partial charge in [-0.1, -0.05) is 18.9 Å². The van der Waals surface area contributed by atoms with Crippen LogP contribution in [0.2, 0.25) is 0 Å². The zero-order chi connectivity index (χ0) is 13.7. The van der Waals surface area contributed by atoms with Gasteiger partial charge in [0.2, 0.25) is 5.91 Å². The van der Waals surface area contributed by atoms with Crippen molar-refractivity contribution in [3.63, 3.8) is 0 Å². The fourth-order valence-electron chi connectivity index (χ4n) is 2.53. The standard InChI is InChI=1S/C15H21FN2O/c16-14-7-6-12(10-17)13(9-14)11-18-8-4-2-1-3-5-15(18)19/h6-7,9H,1-5,8,10-11,17H2. The van der Waals surface area contributed by atoms with Gasteiger partial charge in [0.05, 0.1) is 0 Å². The summed E-state index contributed by atoms with van der Waals surface area (Å²) in [5.41, 5.74) is 7.41. The van der Waals surface area contributed by atoms with Crippen molar-refractivity contribution in [1.82, 2.24) is 4.90 Å². The highest BCUT2D eigenvalue weighted by Gasteiger charge is 2.17. The molecular formula is C15H21FN2O. The molecule has 1 aromatic carbocycles. The van der Waals surface area contributed by atoms with E-state index in [1.165, 1.54) is 12.1 Å². The van der Waals surface area contributed by atoms with Crippen LogP contribution in [0.5, 0.6) is 0 Å². The van der Waals surface area contributed by atoms with Crippen LogP contribution in [0.4, 0.5) is 4.39 Å². The molecule has 0 bridgehead atoms. The van der Waals surface area contributed by atoms with E-state index >= 15 is 0 Å². The summed E-state index contributed by atoms with van der Waals surface area (Å²) in [6.45, 7) is 1.61. The number of halogens is 1. The molecule has 0 aromatic heterocycles. The zero-order valence-electron chi connectivity index (χ0n) is 11.2. The molecule has 104 valence electrons. The van der Waals surface area contributed by atoms with Crippen LogP contribution in [-0.2, 0) is 17.9 Å². The Morgan fingerprint density at radius 2 is 1.95 bits per heavy atom.